The van der Waals surface area contributed by atoms with Crippen LogP contribution in [0.15, 0.2) is 24.3 Å². The summed E-state index contributed by atoms with van der Waals surface area (Å²) < 4.78 is 2.24. The van der Waals surface area contributed by atoms with E-state index in [-0.39, 0.29) is 5.91 Å². The standard InChI is InChI=1S/C19H28N4O/c20-14-8-2-1-3-13-18(24)22-19-21-16-11-6-7-12-17(16)23(19)15-9-4-5-10-15/h6-7,11-12,15H,1-5,8-10,13-14,20H2,(H,21,22,24). The number of nitrogens with one attached hydrogen (secondary N) is 1. The average molecular weight is 328 g/mol. The molecule has 1 heterocycles. The van der Waals surface area contributed by atoms with Crippen molar-refractivity contribution in [3.05, 3.63) is 24.3 Å². The zero-order chi connectivity index (χ0) is 16.8. The molecule has 5 heteroatoms. The molecule has 0 spiro atoms. The Hall–Kier alpha value is -1.88. The number of unbranched alkanes of at least 4 members (excludes halogenated alkanes) is 3. The highest BCUT2D eigenvalue weighted by atomic mass is 16.1. The monoisotopic (exact) mass is 328 g/mol. The van der Waals surface area contributed by atoms with Gasteiger partial charge in [-0.1, -0.05) is 37.8 Å². The minimum Gasteiger partial charge on any atom is -0.330 e. The van der Waals surface area contributed by atoms with Crippen molar-refractivity contribution in [1.29, 1.82) is 0 Å². The molecule has 0 atom stereocenters. The molecule has 1 amide bonds. The fraction of sp³-hybridized carbons (Fsp3) is 0.579. The van der Waals surface area contributed by atoms with E-state index in [4.69, 9.17) is 5.73 Å². The smallest absolute Gasteiger partial charge is 0.226 e. The molecule has 5 nitrogen and oxygen atoms in total. The number of nitrogens with two attached hydrogens (primary N) is 1. The van der Waals surface area contributed by atoms with E-state index in [0.29, 0.717) is 12.5 Å². The van der Waals surface area contributed by atoms with Crippen molar-refractivity contribution < 1.29 is 4.79 Å². The van der Waals surface area contributed by atoms with Gasteiger partial charge >= 0.3 is 0 Å². The van der Waals surface area contributed by atoms with Crippen LogP contribution in [-0.4, -0.2) is 22.0 Å². The molecular weight excluding hydrogens is 300 g/mol. The molecule has 3 N–H and O–H groups in total. The molecule has 0 saturated heterocycles. The first-order chi connectivity index (χ1) is 11.8. The third-order valence-corrected chi connectivity index (χ3v) is 4.89. The van der Waals surface area contributed by atoms with Gasteiger partial charge in [0.1, 0.15) is 0 Å². The van der Waals surface area contributed by atoms with E-state index in [1.807, 2.05) is 18.2 Å². The first kappa shape index (κ1) is 17.0. The topological polar surface area (TPSA) is 72.9 Å². The van der Waals surface area contributed by atoms with E-state index in [2.05, 4.69) is 20.9 Å². The molecule has 24 heavy (non-hydrogen) atoms. The van der Waals surface area contributed by atoms with Gasteiger partial charge in [0.15, 0.2) is 0 Å². The quantitative estimate of drug-likeness (QED) is 0.719. The van der Waals surface area contributed by atoms with E-state index in [1.165, 1.54) is 25.7 Å². The normalized spacial score (nSPS) is 15.2. The Morgan fingerprint density at radius 3 is 2.71 bits per heavy atom. The lowest BCUT2D eigenvalue weighted by molar-refractivity contribution is -0.116. The van der Waals surface area contributed by atoms with Crippen molar-refractivity contribution >= 4 is 22.9 Å². The zero-order valence-electron chi connectivity index (χ0n) is 14.3. The third kappa shape index (κ3) is 3.96. The molecule has 0 radical (unpaired) electrons. The van der Waals surface area contributed by atoms with Gasteiger partial charge in [-0.05, 0) is 44.4 Å². The van der Waals surface area contributed by atoms with Crippen LogP contribution in [0.4, 0.5) is 5.95 Å². The van der Waals surface area contributed by atoms with Crippen LogP contribution in [0.25, 0.3) is 11.0 Å². The van der Waals surface area contributed by atoms with Crippen LogP contribution in [0.1, 0.15) is 63.8 Å². The van der Waals surface area contributed by atoms with Gasteiger partial charge < -0.3 is 10.3 Å². The van der Waals surface area contributed by atoms with E-state index in [9.17, 15) is 4.79 Å². The fourth-order valence-corrected chi connectivity index (χ4v) is 3.64. The van der Waals surface area contributed by atoms with Crippen molar-refractivity contribution in [2.45, 2.75) is 63.8 Å². The maximum Gasteiger partial charge on any atom is 0.226 e. The van der Waals surface area contributed by atoms with E-state index < -0.39 is 0 Å². The maximum absolute atomic E-state index is 12.3. The molecule has 1 aliphatic rings. The van der Waals surface area contributed by atoms with Crippen LogP contribution in [-0.2, 0) is 4.79 Å². The van der Waals surface area contributed by atoms with E-state index >= 15 is 0 Å². The Balaban J connectivity index is 1.69. The summed E-state index contributed by atoms with van der Waals surface area (Å²) in [5, 5.41) is 3.06. The third-order valence-electron chi connectivity index (χ3n) is 4.89. The number of hydrogen-bond donors (Lipinski definition) is 2. The van der Waals surface area contributed by atoms with Crippen molar-refractivity contribution in [2.75, 3.05) is 11.9 Å². The van der Waals surface area contributed by atoms with E-state index in [0.717, 1.165) is 49.2 Å². The number of imidazole rings is 1. The molecule has 0 bridgehead atoms. The van der Waals surface area contributed by atoms with Crippen LogP contribution in [0.3, 0.4) is 0 Å². The van der Waals surface area contributed by atoms with Gasteiger partial charge in [0.05, 0.1) is 11.0 Å². The van der Waals surface area contributed by atoms with Gasteiger partial charge in [-0.15, -0.1) is 0 Å². The highest BCUT2D eigenvalue weighted by molar-refractivity contribution is 5.91. The molecule has 1 aromatic carbocycles. The zero-order valence-corrected chi connectivity index (χ0v) is 14.3. The molecular formula is C19H28N4O. The Kier molecular flexibility index (Phi) is 5.86. The fourth-order valence-electron chi connectivity index (χ4n) is 3.64. The second-order valence-electron chi connectivity index (χ2n) is 6.73. The Morgan fingerprint density at radius 1 is 1.17 bits per heavy atom. The van der Waals surface area contributed by atoms with Crippen molar-refractivity contribution in [3.63, 3.8) is 0 Å². The van der Waals surface area contributed by atoms with Crippen LogP contribution in [0.5, 0.6) is 0 Å². The lowest BCUT2D eigenvalue weighted by Crippen LogP contribution is -2.17. The Morgan fingerprint density at radius 2 is 1.92 bits per heavy atom. The highest BCUT2D eigenvalue weighted by Gasteiger charge is 2.23. The molecule has 130 valence electrons. The molecule has 1 aromatic heterocycles. The number of anilines is 1. The summed E-state index contributed by atoms with van der Waals surface area (Å²) in [5.41, 5.74) is 7.58. The molecule has 1 saturated carbocycles. The summed E-state index contributed by atoms with van der Waals surface area (Å²) in [6, 6.07) is 8.61. The number of nitrogens with zero attached hydrogens (tertiary/aromatic N) is 2. The molecule has 1 aliphatic carbocycles. The molecule has 0 aliphatic heterocycles. The van der Waals surface area contributed by atoms with Crippen molar-refractivity contribution in [2.24, 2.45) is 5.73 Å². The van der Waals surface area contributed by atoms with Gasteiger partial charge in [-0.2, -0.15) is 0 Å². The number of carbonyl (C=O) groups is 1. The molecule has 2 aromatic rings. The first-order valence-electron chi connectivity index (χ1n) is 9.26. The second kappa shape index (κ2) is 8.29. The number of aromatic nitrogens is 2. The van der Waals surface area contributed by atoms with Gasteiger partial charge in [0.25, 0.3) is 0 Å². The molecule has 1 fully saturated rings. The summed E-state index contributed by atoms with van der Waals surface area (Å²) in [5.74, 6) is 0.785. The average Bonchev–Trinajstić information content (AvgIpc) is 3.21. The lowest BCUT2D eigenvalue weighted by Gasteiger charge is -2.16. The van der Waals surface area contributed by atoms with Crippen LogP contribution >= 0.6 is 0 Å². The van der Waals surface area contributed by atoms with Gasteiger partial charge in [0.2, 0.25) is 11.9 Å². The minimum atomic E-state index is 0.0669. The van der Waals surface area contributed by atoms with Gasteiger partial charge in [-0.3, -0.25) is 10.1 Å². The SMILES string of the molecule is NCCCCCCC(=O)Nc1nc2ccccc2n1C1CCCC1. The lowest BCUT2D eigenvalue weighted by atomic mass is 10.1. The number of amides is 1. The second-order valence-corrected chi connectivity index (χ2v) is 6.73. The largest absolute Gasteiger partial charge is 0.330 e. The maximum atomic E-state index is 12.3. The van der Waals surface area contributed by atoms with Crippen LogP contribution < -0.4 is 11.1 Å². The molecule has 3 rings (SSSR count). The van der Waals surface area contributed by atoms with Crippen molar-refractivity contribution in [1.82, 2.24) is 9.55 Å². The number of fused-ring (bicyclic) bond motifs is 1. The summed E-state index contributed by atoms with van der Waals surface area (Å²) in [7, 11) is 0. The molecule has 0 unspecified atom stereocenters. The summed E-state index contributed by atoms with van der Waals surface area (Å²) in [4.78, 5) is 17.0. The number of carbonyl (C=O) groups excluding carboxylic acids is 1. The first-order valence-corrected chi connectivity index (χ1v) is 9.26. The predicted octanol–water partition coefficient (Wildman–Crippen LogP) is 4.00. The van der Waals surface area contributed by atoms with Crippen molar-refractivity contribution in [3.8, 4) is 0 Å². The highest BCUT2D eigenvalue weighted by Crippen LogP contribution is 2.35. The number of para-hydroxylation sites is 2. The number of hydrogen-bond acceptors (Lipinski definition) is 3. The summed E-state index contributed by atoms with van der Waals surface area (Å²) in [6.07, 6.45) is 9.52. The summed E-state index contributed by atoms with van der Waals surface area (Å²) >= 11 is 0. The predicted molar refractivity (Wildman–Crippen MR) is 98.0 cm³/mol. The van der Waals surface area contributed by atoms with Crippen LogP contribution in [0.2, 0.25) is 0 Å². The van der Waals surface area contributed by atoms with Gasteiger partial charge in [0, 0.05) is 12.5 Å². The summed E-state index contributed by atoms with van der Waals surface area (Å²) in [6.45, 7) is 0.734. The number of benzene rings is 1. The van der Waals surface area contributed by atoms with Crippen LogP contribution in [0, 0.1) is 0 Å². The minimum absolute atomic E-state index is 0.0669. The number of rotatable bonds is 8. The Bertz CT molecular complexity index is 673. The van der Waals surface area contributed by atoms with Gasteiger partial charge in [-0.25, -0.2) is 4.98 Å². The Labute approximate surface area is 143 Å². The van der Waals surface area contributed by atoms with E-state index in [1.54, 1.807) is 0 Å².